The van der Waals surface area contributed by atoms with E-state index in [1.165, 1.54) is 0 Å². The third kappa shape index (κ3) is 3.56. The van der Waals surface area contributed by atoms with Gasteiger partial charge in [-0.25, -0.2) is 4.98 Å². The average molecular weight is 327 g/mol. The molecule has 7 heteroatoms. The molecule has 1 amide bonds. The average Bonchev–Trinajstić information content (AvgIpc) is 2.62. The maximum Gasteiger partial charge on any atom is 0.229 e. The standard InChI is InChI=1S/C17H21N5O2/c1-13(23)21-9-11-22(12-10-21)16-7-8-18-17(20-16)19-14-5-3-4-6-15(14)24-2/h3-8H,9-12H2,1-2H3,(H,18,19,20). The normalized spacial score (nSPS) is 14.4. The van der Waals surface area contributed by atoms with Crippen LogP contribution in [-0.4, -0.2) is 54.1 Å². The van der Waals surface area contributed by atoms with E-state index >= 15 is 0 Å². The van der Waals surface area contributed by atoms with E-state index in [1.807, 2.05) is 35.2 Å². The molecule has 1 aromatic carbocycles. The summed E-state index contributed by atoms with van der Waals surface area (Å²) in [4.78, 5) is 24.3. The Labute approximate surface area is 141 Å². The van der Waals surface area contributed by atoms with Gasteiger partial charge in [0.15, 0.2) is 0 Å². The first-order valence-corrected chi connectivity index (χ1v) is 7.91. The third-order valence-corrected chi connectivity index (χ3v) is 4.04. The minimum Gasteiger partial charge on any atom is -0.495 e. The molecule has 0 unspecified atom stereocenters. The Balaban J connectivity index is 1.72. The minimum absolute atomic E-state index is 0.121. The van der Waals surface area contributed by atoms with E-state index in [-0.39, 0.29) is 5.91 Å². The summed E-state index contributed by atoms with van der Waals surface area (Å²) in [5.74, 6) is 2.23. The van der Waals surface area contributed by atoms with Gasteiger partial charge in [-0.1, -0.05) is 12.1 Å². The van der Waals surface area contributed by atoms with Gasteiger partial charge >= 0.3 is 0 Å². The van der Waals surface area contributed by atoms with Crippen LogP contribution < -0.4 is 15.0 Å². The summed E-state index contributed by atoms with van der Waals surface area (Å²) in [6.07, 6.45) is 1.73. The molecule has 2 aromatic rings. The molecule has 1 aromatic heterocycles. The number of rotatable bonds is 4. The highest BCUT2D eigenvalue weighted by atomic mass is 16.5. The molecule has 0 atom stereocenters. The van der Waals surface area contributed by atoms with Gasteiger partial charge in [-0.05, 0) is 18.2 Å². The number of hydrogen-bond donors (Lipinski definition) is 1. The lowest BCUT2D eigenvalue weighted by Gasteiger charge is -2.34. The van der Waals surface area contributed by atoms with Crippen LogP contribution in [0.2, 0.25) is 0 Å². The lowest BCUT2D eigenvalue weighted by Crippen LogP contribution is -2.48. The smallest absolute Gasteiger partial charge is 0.229 e. The van der Waals surface area contributed by atoms with Crippen molar-refractivity contribution in [2.24, 2.45) is 0 Å². The molecule has 0 radical (unpaired) electrons. The Hall–Kier alpha value is -2.83. The van der Waals surface area contributed by atoms with Gasteiger partial charge in [-0.15, -0.1) is 0 Å². The van der Waals surface area contributed by atoms with E-state index in [9.17, 15) is 4.79 Å². The van der Waals surface area contributed by atoms with Crippen molar-refractivity contribution in [3.05, 3.63) is 36.5 Å². The van der Waals surface area contributed by atoms with E-state index in [0.29, 0.717) is 19.0 Å². The first kappa shape index (κ1) is 16.0. The molecule has 0 saturated carbocycles. The molecule has 0 spiro atoms. The second-order valence-electron chi connectivity index (χ2n) is 5.56. The predicted octanol–water partition coefficient (Wildman–Crippen LogP) is 1.90. The fourth-order valence-electron chi connectivity index (χ4n) is 2.70. The van der Waals surface area contributed by atoms with E-state index in [0.717, 1.165) is 30.3 Å². The fourth-order valence-corrected chi connectivity index (χ4v) is 2.70. The number of anilines is 3. The molecule has 0 aliphatic carbocycles. The molecule has 1 aliphatic heterocycles. The number of aromatic nitrogens is 2. The quantitative estimate of drug-likeness (QED) is 0.925. The molecule has 1 N–H and O–H groups in total. The maximum atomic E-state index is 11.4. The molecule has 1 saturated heterocycles. The summed E-state index contributed by atoms with van der Waals surface area (Å²) in [7, 11) is 1.63. The van der Waals surface area contributed by atoms with Crippen LogP contribution >= 0.6 is 0 Å². The molecule has 24 heavy (non-hydrogen) atoms. The Morgan fingerprint density at radius 1 is 1.17 bits per heavy atom. The Bertz CT molecular complexity index is 714. The number of carbonyl (C=O) groups is 1. The number of piperazine rings is 1. The lowest BCUT2D eigenvalue weighted by molar-refractivity contribution is -0.129. The second-order valence-corrected chi connectivity index (χ2v) is 5.56. The number of amides is 1. The number of nitrogens with zero attached hydrogens (tertiary/aromatic N) is 4. The predicted molar refractivity (Wildman–Crippen MR) is 92.8 cm³/mol. The Morgan fingerprint density at radius 2 is 1.92 bits per heavy atom. The maximum absolute atomic E-state index is 11.4. The van der Waals surface area contributed by atoms with Gasteiger partial charge in [0.2, 0.25) is 11.9 Å². The highest BCUT2D eigenvalue weighted by molar-refractivity contribution is 5.73. The van der Waals surface area contributed by atoms with Crippen molar-refractivity contribution in [1.82, 2.24) is 14.9 Å². The van der Waals surface area contributed by atoms with Crippen LogP contribution in [-0.2, 0) is 4.79 Å². The van der Waals surface area contributed by atoms with Crippen LogP contribution in [0.5, 0.6) is 5.75 Å². The molecular weight excluding hydrogens is 306 g/mol. The van der Waals surface area contributed by atoms with Crippen molar-refractivity contribution in [3.63, 3.8) is 0 Å². The second kappa shape index (κ2) is 7.16. The Morgan fingerprint density at radius 3 is 2.62 bits per heavy atom. The lowest BCUT2D eigenvalue weighted by atomic mass is 10.3. The highest BCUT2D eigenvalue weighted by Gasteiger charge is 2.19. The zero-order valence-corrected chi connectivity index (χ0v) is 13.9. The molecule has 3 rings (SSSR count). The van der Waals surface area contributed by atoms with Crippen molar-refractivity contribution >= 4 is 23.4 Å². The van der Waals surface area contributed by atoms with Gasteiger partial charge in [0.1, 0.15) is 11.6 Å². The number of carbonyl (C=O) groups excluding carboxylic acids is 1. The van der Waals surface area contributed by atoms with Crippen molar-refractivity contribution in [1.29, 1.82) is 0 Å². The summed E-state index contributed by atoms with van der Waals surface area (Å²) >= 11 is 0. The Kier molecular flexibility index (Phi) is 4.79. The first-order valence-electron chi connectivity index (χ1n) is 7.91. The highest BCUT2D eigenvalue weighted by Crippen LogP contribution is 2.26. The van der Waals surface area contributed by atoms with Crippen molar-refractivity contribution in [2.45, 2.75) is 6.92 Å². The van der Waals surface area contributed by atoms with E-state index in [4.69, 9.17) is 4.74 Å². The monoisotopic (exact) mass is 327 g/mol. The van der Waals surface area contributed by atoms with Crippen LogP contribution in [0.1, 0.15) is 6.92 Å². The molecule has 2 heterocycles. The molecular formula is C17H21N5O2. The summed E-state index contributed by atoms with van der Waals surface area (Å²) in [6.45, 7) is 4.58. The number of benzene rings is 1. The van der Waals surface area contributed by atoms with Crippen LogP contribution in [0.15, 0.2) is 36.5 Å². The number of ether oxygens (including phenoxy) is 1. The molecule has 126 valence electrons. The van der Waals surface area contributed by atoms with Gasteiger partial charge < -0.3 is 19.9 Å². The van der Waals surface area contributed by atoms with E-state index < -0.39 is 0 Å². The topological polar surface area (TPSA) is 70.6 Å². The zero-order valence-electron chi connectivity index (χ0n) is 13.9. The van der Waals surface area contributed by atoms with Gasteiger partial charge in [0.05, 0.1) is 12.8 Å². The fraction of sp³-hybridized carbons (Fsp3) is 0.353. The van der Waals surface area contributed by atoms with E-state index in [1.54, 1.807) is 20.2 Å². The van der Waals surface area contributed by atoms with Gasteiger partial charge in [-0.2, -0.15) is 4.98 Å². The van der Waals surface area contributed by atoms with Crippen LogP contribution in [0.25, 0.3) is 0 Å². The summed E-state index contributed by atoms with van der Waals surface area (Å²) in [5, 5.41) is 3.19. The van der Waals surface area contributed by atoms with Crippen molar-refractivity contribution in [3.8, 4) is 5.75 Å². The molecule has 1 fully saturated rings. The summed E-state index contributed by atoms with van der Waals surface area (Å²) < 4.78 is 5.33. The van der Waals surface area contributed by atoms with Crippen molar-refractivity contribution in [2.75, 3.05) is 43.5 Å². The number of methoxy groups -OCH3 is 1. The van der Waals surface area contributed by atoms with Crippen LogP contribution in [0.3, 0.4) is 0 Å². The van der Waals surface area contributed by atoms with Gasteiger partial charge in [0.25, 0.3) is 0 Å². The van der Waals surface area contributed by atoms with Crippen LogP contribution in [0.4, 0.5) is 17.5 Å². The van der Waals surface area contributed by atoms with E-state index in [2.05, 4.69) is 20.2 Å². The number of para-hydroxylation sites is 2. The number of nitrogens with one attached hydrogen (secondary N) is 1. The van der Waals surface area contributed by atoms with Crippen LogP contribution in [0, 0.1) is 0 Å². The molecule has 1 aliphatic rings. The van der Waals surface area contributed by atoms with Crippen molar-refractivity contribution < 1.29 is 9.53 Å². The first-order chi connectivity index (χ1) is 11.7. The third-order valence-electron chi connectivity index (χ3n) is 4.04. The number of hydrogen-bond acceptors (Lipinski definition) is 6. The molecule has 7 nitrogen and oxygen atoms in total. The summed E-state index contributed by atoms with van der Waals surface area (Å²) in [6, 6.07) is 9.52. The largest absolute Gasteiger partial charge is 0.495 e. The SMILES string of the molecule is COc1ccccc1Nc1nccc(N2CCN(C(C)=O)CC2)n1. The summed E-state index contributed by atoms with van der Waals surface area (Å²) in [5.41, 5.74) is 0.818. The minimum atomic E-state index is 0.121. The molecule has 0 bridgehead atoms. The van der Waals surface area contributed by atoms with Gasteiger partial charge in [0, 0.05) is 39.3 Å². The van der Waals surface area contributed by atoms with Gasteiger partial charge in [-0.3, -0.25) is 4.79 Å². The zero-order chi connectivity index (χ0) is 16.9.